The summed E-state index contributed by atoms with van der Waals surface area (Å²) in [6.45, 7) is 1.92. The third kappa shape index (κ3) is 3.98. The maximum absolute atomic E-state index is 12.3. The van der Waals surface area contributed by atoms with E-state index in [1.165, 1.54) is 4.90 Å². The second kappa shape index (κ2) is 7.23. The smallest absolute Gasteiger partial charge is 0.315 e. The van der Waals surface area contributed by atoms with E-state index in [2.05, 4.69) is 15.6 Å². The van der Waals surface area contributed by atoms with Crippen molar-refractivity contribution in [1.82, 2.24) is 15.6 Å². The van der Waals surface area contributed by atoms with Crippen molar-refractivity contribution in [1.29, 1.82) is 0 Å². The molecular formula is C17H18ClN3OS. The van der Waals surface area contributed by atoms with Crippen LogP contribution in [0, 0.1) is 0 Å². The van der Waals surface area contributed by atoms with Crippen molar-refractivity contribution >= 4 is 29.4 Å². The van der Waals surface area contributed by atoms with Crippen molar-refractivity contribution in [2.75, 3.05) is 5.75 Å². The average Bonchev–Trinajstić information content (AvgIpc) is 2.56. The Kier molecular flexibility index (Phi) is 5.08. The molecule has 0 saturated carbocycles. The average molecular weight is 348 g/mol. The number of benzene rings is 1. The first-order valence-electron chi connectivity index (χ1n) is 7.53. The first kappa shape index (κ1) is 16.1. The number of aromatic nitrogens is 1. The molecule has 1 aromatic heterocycles. The number of fused-ring (bicyclic) bond motifs is 1. The Hall–Kier alpha value is -1.72. The normalized spacial score (nSPS) is 17.9. The topological polar surface area (TPSA) is 54.0 Å². The monoisotopic (exact) mass is 347 g/mol. The number of rotatable bonds is 3. The Morgan fingerprint density at radius 2 is 2.26 bits per heavy atom. The maximum atomic E-state index is 12.3. The highest BCUT2D eigenvalue weighted by Gasteiger charge is 2.23. The fourth-order valence-electron chi connectivity index (χ4n) is 2.62. The number of hydrogen-bond acceptors (Lipinski definition) is 3. The summed E-state index contributed by atoms with van der Waals surface area (Å²) in [6, 6.07) is 11.2. The minimum absolute atomic E-state index is 0.0131. The van der Waals surface area contributed by atoms with E-state index in [4.69, 9.17) is 11.6 Å². The Bertz CT molecular complexity index is 695. The number of thioether (sulfide) groups is 1. The molecule has 3 rings (SSSR count). The van der Waals surface area contributed by atoms with Crippen LogP contribution in [0.2, 0.25) is 5.02 Å². The molecule has 2 heterocycles. The Balaban J connectivity index is 1.66. The van der Waals surface area contributed by atoms with Gasteiger partial charge in [-0.25, -0.2) is 4.79 Å². The highest BCUT2D eigenvalue weighted by molar-refractivity contribution is 7.99. The summed E-state index contributed by atoms with van der Waals surface area (Å²) in [5.41, 5.74) is 1.93. The van der Waals surface area contributed by atoms with E-state index >= 15 is 0 Å². The number of halogens is 1. The molecule has 0 saturated heterocycles. The highest BCUT2D eigenvalue weighted by atomic mass is 35.5. The van der Waals surface area contributed by atoms with Gasteiger partial charge in [0, 0.05) is 21.9 Å². The summed E-state index contributed by atoms with van der Waals surface area (Å²) < 4.78 is 0. The second-order valence-electron chi connectivity index (χ2n) is 5.47. The molecule has 120 valence electrons. The quantitative estimate of drug-likeness (QED) is 0.868. The van der Waals surface area contributed by atoms with Crippen LogP contribution in [0.25, 0.3) is 0 Å². The van der Waals surface area contributed by atoms with Crippen LogP contribution in [0.3, 0.4) is 0 Å². The van der Waals surface area contributed by atoms with Gasteiger partial charge in [-0.1, -0.05) is 17.7 Å². The molecule has 0 radical (unpaired) electrons. The van der Waals surface area contributed by atoms with Gasteiger partial charge in [-0.05, 0) is 49.2 Å². The number of pyridine rings is 1. The zero-order valence-corrected chi connectivity index (χ0v) is 14.3. The molecule has 4 nitrogen and oxygen atoms in total. The van der Waals surface area contributed by atoms with E-state index < -0.39 is 0 Å². The van der Waals surface area contributed by atoms with Gasteiger partial charge in [0.15, 0.2) is 0 Å². The Morgan fingerprint density at radius 1 is 1.39 bits per heavy atom. The Labute approximate surface area is 145 Å². The Morgan fingerprint density at radius 3 is 3.04 bits per heavy atom. The summed E-state index contributed by atoms with van der Waals surface area (Å²) in [4.78, 5) is 17.7. The van der Waals surface area contributed by atoms with Gasteiger partial charge >= 0.3 is 6.03 Å². The fourth-order valence-corrected chi connectivity index (χ4v) is 3.90. The summed E-state index contributed by atoms with van der Waals surface area (Å²) in [5.74, 6) is 0.982. The van der Waals surface area contributed by atoms with E-state index in [1.807, 2.05) is 43.3 Å². The predicted octanol–water partition coefficient (Wildman–Crippen LogP) is 4.33. The molecule has 0 spiro atoms. The third-order valence-corrected chi connectivity index (χ3v) is 5.15. The minimum atomic E-state index is -0.189. The highest BCUT2D eigenvalue weighted by Crippen LogP contribution is 2.37. The van der Waals surface area contributed by atoms with Crippen molar-refractivity contribution in [2.45, 2.75) is 30.3 Å². The summed E-state index contributed by atoms with van der Waals surface area (Å²) in [7, 11) is 0. The van der Waals surface area contributed by atoms with E-state index in [-0.39, 0.29) is 18.1 Å². The molecule has 2 atom stereocenters. The first-order chi connectivity index (χ1) is 11.1. The molecular weight excluding hydrogens is 330 g/mol. The van der Waals surface area contributed by atoms with Crippen LogP contribution in [0.5, 0.6) is 0 Å². The lowest BCUT2D eigenvalue weighted by Gasteiger charge is -2.27. The van der Waals surface area contributed by atoms with Crippen molar-refractivity contribution in [3.05, 3.63) is 58.9 Å². The number of hydrogen-bond donors (Lipinski definition) is 2. The van der Waals surface area contributed by atoms with Crippen molar-refractivity contribution in [3.63, 3.8) is 0 Å². The van der Waals surface area contributed by atoms with E-state index in [0.717, 1.165) is 23.4 Å². The van der Waals surface area contributed by atoms with Gasteiger partial charge in [0.2, 0.25) is 0 Å². The molecule has 2 aromatic rings. The molecule has 23 heavy (non-hydrogen) atoms. The zero-order chi connectivity index (χ0) is 16.2. The molecule has 1 aliphatic heterocycles. The van der Waals surface area contributed by atoms with Gasteiger partial charge in [0.25, 0.3) is 0 Å². The number of amides is 2. The fraction of sp³-hybridized carbons (Fsp3) is 0.294. The number of carbonyl (C=O) groups excluding carboxylic acids is 1. The van der Waals surface area contributed by atoms with Crippen molar-refractivity contribution in [3.8, 4) is 0 Å². The largest absolute Gasteiger partial charge is 0.331 e. The molecule has 0 bridgehead atoms. The lowest BCUT2D eigenvalue weighted by Crippen LogP contribution is -2.40. The SMILES string of the molecule is C[C@H](NC(=O)N[C@@H]1CCSc2ccc(Cl)cc21)c1ccccn1. The second-order valence-corrected chi connectivity index (χ2v) is 7.04. The number of carbonyl (C=O) groups is 1. The summed E-state index contributed by atoms with van der Waals surface area (Å²) in [5, 5.41) is 6.68. The maximum Gasteiger partial charge on any atom is 0.315 e. The van der Waals surface area contributed by atoms with Crippen LogP contribution in [0.1, 0.15) is 36.7 Å². The lowest BCUT2D eigenvalue weighted by atomic mass is 10.0. The van der Waals surface area contributed by atoms with Crippen LogP contribution in [0.4, 0.5) is 4.79 Å². The van der Waals surface area contributed by atoms with Gasteiger partial charge in [-0.15, -0.1) is 11.8 Å². The van der Waals surface area contributed by atoms with Crippen LogP contribution < -0.4 is 10.6 Å². The first-order valence-corrected chi connectivity index (χ1v) is 8.90. The lowest BCUT2D eigenvalue weighted by molar-refractivity contribution is 0.233. The number of nitrogens with zero attached hydrogens (tertiary/aromatic N) is 1. The number of nitrogens with one attached hydrogen (secondary N) is 2. The molecule has 2 amide bonds. The van der Waals surface area contributed by atoms with Gasteiger partial charge in [0.05, 0.1) is 17.8 Å². The zero-order valence-electron chi connectivity index (χ0n) is 12.8. The van der Waals surface area contributed by atoms with Crippen molar-refractivity contribution in [2.24, 2.45) is 0 Å². The molecule has 0 aliphatic carbocycles. The van der Waals surface area contributed by atoms with E-state index in [0.29, 0.717) is 5.02 Å². The van der Waals surface area contributed by atoms with Crippen molar-refractivity contribution < 1.29 is 4.79 Å². The van der Waals surface area contributed by atoms with Crippen LogP contribution >= 0.6 is 23.4 Å². The van der Waals surface area contributed by atoms with E-state index in [1.54, 1.807) is 18.0 Å². The molecule has 1 aromatic carbocycles. The summed E-state index contributed by atoms with van der Waals surface area (Å²) >= 11 is 7.90. The summed E-state index contributed by atoms with van der Waals surface area (Å²) in [6.07, 6.45) is 2.62. The molecule has 6 heteroatoms. The van der Waals surface area contributed by atoms with Gasteiger partial charge < -0.3 is 10.6 Å². The third-order valence-electron chi connectivity index (χ3n) is 3.80. The van der Waals surface area contributed by atoms with E-state index in [9.17, 15) is 4.79 Å². The van der Waals surface area contributed by atoms with Gasteiger partial charge in [-0.2, -0.15) is 0 Å². The molecule has 0 fully saturated rings. The minimum Gasteiger partial charge on any atom is -0.331 e. The van der Waals surface area contributed by atoms with Crippen LogP contribution in [-0.2, 0) is 0 Å². The number of urea groups is 1. The van der Waals surface area contributed by atoms with Crippen LogP contribution in [0.15, 0.2) is 47.5 Å². The van der Waals surface area contributed by atoms with Gasteiger partial charge in [0.1, 0.15) is 0 Å². The van der Waals surface area contributed by atoms with Gasteiger partial charge in [-0.3, -0.25) is 4.98 Å². The molecule has 0 unspecified atom stereocenters. The van der Waals surface area contributed by atoms with Crippen LogP contribution in [-0.4, -0.2) is 16.8 Å². The molecule has 2 N–H and O–H groups in total. The molecule has 1 aliphatic rings. The standard InChI is InChI=1S/C17H18ClN3OS/c1-11(14-4-2-3-8-19-14)20-17(22)21-15-7-9-23-16-6-5-12(18)10-13(15)16/h2-6,8,10-11,15H,7,9H2,1H3,(H2,20,21,22)/t11-,15+/m0/s1. The predicted molar refractivity (Wildman–Crippen MR) is 93.9 cm³/mol.